The van der Waals surface area contributed by atoms with Gasteiger partial charge in [0.1, 0.15) is 6.04 Å². The van der Waals surface area contributed by atoms with E-state index in [0.717, 1.165) is 0 Å². The van der Waals surface area contributed by atoms with Crippen LogP contribution in [0.3, 0.4) is 0 Å². The van der Waals surface area contributed by atoms with E-state index in [2.05, 4.69) is 5.16 Å². The van der Waals surface area contributed by atoms with E-state index in [1.165, 1.54) is 7.11 Å². The van der Waals surface area contributed by atoms with Gasteiger partial charge in [0.05, 0.1) is 26.0 Å². The maximum Gasteiger partial charge on any atom is 0.323 e. The highest BCUT2D eigenvalue weighted by Crippen LogP contribution is 2.21. The molecule has 2 atom stereocenters. The lowest BCUT2D eigenvalue weighted by atomic mass is 10.2. The standard InChI is InChI=1S/C10H14N2O4/c1-15-10(14)9-4-7(13)5-12(9)6-8-2-3-11-16-8/h2-3,7,9,13H,4-6H2,1H3. The van der Waals surface area contributed by atoms with Gasteiger partial charge < -0.3 is 14.4 Å². The first-order chi connectivity index (χ1) is 7.70. The highest BCUT2D eigenvalue weighted by molar-refractivity contribution is 5.76. The Morgan fingerprint density at radius 3 is 3.25 bits per heavy atom. The van der Waals surface area contributed by atoms with E-state index in [9.17, 15) is 9.90 Å². The Morgan fingerprint density at radius 2 is 2.62 bits per heavy atom. The van der Waals surface area contributed by atoms with E-state index in [1.54, 1.807) is 12.3 Å². The lowest BCUT2D eigenvalue weighted by Crippen LogP contribution is -2.36. The zero-order valence-electron chi connectivity index (χ0n) is 9.00. The van der Waals surface area contributed by atoms with Gasteiger partial charge >= 0.3 is 5.97 Å². The number of nitrogens with zero attached hydrogens (tertiary/aromatic N) is 2. The van der Waals surface area contributed by atoms with Crippen molar-refractivity contribution in [2.24, 2.45) is 0 Å². The molecule has 0 aromatic carbocycles. The molecule has 2 heterocycles. The molecule has 0 amide bonds. The number of aliphatic hydroxyl groups is 1. The maximum atomic E-state index is 11.5. The number of carbonyl (C=O) groups excluding carboxylic acids is 1. The van der Waals surface area contributed by atoms with Crippen LogP contribution in [0.15, 0.2) is 16.8 Å². The molecular weight excluding hydrogens is 212 g/mol. The zero-order chi connectivity index (χ0) is 11.5. The molecule has 0 aliphatic carbocycles. The quantitative estimate of drug-likeness (QED) is 0.718. The highest BCUT2D eigenvalue weighted by Gasteiger charge is 2.37. The van der Waals surface area contributed by atoms with Crippen LogP contribution in [-0.4, -0.2) is 46.9 Å². The summed E-state index contributed by atoms with van der Waals surface area (Å²) in [5.41, 5.74) is 0. The summed E-state index contributed by atoms with van der Waals surface area (Å²) in [5.74, 6) is 0.346. The predicted molar refractivity (Wildman–Crippen MR) is 53.3 cm³/mol. The van der Waals surface area contributed by atoms with Crippen LogP contribution in [-0.2, 0) is 16.1 Å². The second-order valence-corrected chi connectivity index (χ2v) is 3.84. The molecule has 2 unspecified atom stereocenters. The van der Waals surface area contributed by atoms with Crippen LogP contribution in [0.5, 0.6) is 0 Å². The Kier molecular flexibility index (Phi) is 3.21. The van der Waals surface area contributed by atoms with Crippen LogP contribution in [0.1, 0.15) is 12.2 Å². The first kappa shape index (κ1) is 11.1. The number of β-amino-alcohol motifs (C(OH)–C–C–N with tert-alkyl or cyclic N) is 1. The summed E-state index contributed by atoms with van der Waals surface area (Å²) in [6.07, 6.45) is 1.46. The molecule has 0 bridgehead atoms. The van der Waals surface area contributed by atoms with Crippen LogP contribution < -0.4 is 0 Å². The molecule has 1 aliphatic heterocycles. The van der Waals surface area contributed by atoms with Crippen molar-refractivity contribution < 1.29 is 19.2 Å². The number of rotatable bonds is 3. The Labute approximate surface area is 92.8 Å². The van der Waals surface area contributed by atoms with Gasteiger partial charge in [0.2, 0.25) is 0 Å². The number of likely N-dealkylation sites (tertiary alicyclic amines) is 1. The van der Waals surface area contributed by atoms with Crippen LogP contribution in [0, 0.1) is 0 Å². The van der Waals surface area contributed by atoms with Crippen LogP contribution in [0.25, 0.3) is 0 Å². The second kappa shape index (κ2) is 4.63. The molecule has 1 aromatic rings. The summed E-state index contributed by atoms with van der Waals surface area (Å²) in [5, 5.41) is 13.1. The third-order valence-corrected chi connectivity index (χ3v) is 2.70. The van der Waals surface area contributed by atoms with E-state index in [1.807, 2.05) is 4.90 Å². The fourth-order valence-electron chi connectivity index (χ4n) is 1.96. The average molecular weight is 226 g/mol. The summed E-state index contributed by atoms with van der Waals surface area (Å²) in [7, 11) is 1.35. The number of hydrogen-bond donors (Lipinski definition) is 1. The van der Waals surface area contributed by atoms with Gasteiger partial charge in [-0.2, -0.15) is 0 Å². The molecule has 1 fully saturated rings. The van der Waals surface area contributed by atoms with Gasteiger partial charge in [-0.1, -0.05) is 5.16 Å². The van der Waals surface area contributed by atoms with Crippen molar-refractivity contribution in [3.8, 4) is 0 Å². The van der Waals surface area contributed by atoms with Gasteiger partial charge in [0.15, 0.2) is 5.76 Å². The van der Waals surface area contributed by atoms with Gasteiger partial charge in [0, 0.05) is 19.0 Å². The number of aliphatic hydroxyl groups excluding tert-OH is 1. The monoisotopic (exact) mass is 226 g/mol. The van der Waals surface area contributed by atoms with E-state index in [0.29, 0.717) is 25.3 Å². The summed E-state index contributed by atoms with van der Waals surface area (Å²) < 4.78 is 9.66. The van der Waals surface area contributed by atoms with Crippen molar-refractivity contribution in [3.05, 3.63) is 18.0 Å². The molecule has 1 N–H and O–H groups in total. The van der Waals surface area contributed by atoms with Gasteiger partial charge in [-0.05, 0) is 0 Å². The molecule has 1 aliphatic rings. The molecule has 88 valence electrons. The highest BCUT2D eigenvalue weighted by atomic mass is 16.5. The number of aromatic nitrogens is 1. The molecule has 6 nitrogen and oxygen atoms in total. The van der Waals surface area contributed by atoms with Crippen molar-refractivity contribution in [1.29, 1.82) is 0 Å². The van der Waals surface area contributed by atoms with Gasteiger partial charge in [-0.15, -0.1) is 0 Å². The Bertz CT molecular complexity index is 352. The zero-order valence-corrected chi connectivity index (χ0v) is 9.00. The van der Waals surface area contributed by atoms with Crippen LogP contribution >= 0.6 is 0 Å². The summed E-state index contributed by atoms with van der Waals surface area (Å²) in [6.45, 7) is 0.900. The van der Waals surface area contributed by atoms with Gasteiger partial charge in [0.25, 0.3) is 0 Å². The first-order valence-electron chi connectivity index (χ1n) is 5.10. The molecule has 0 spiro atoms. The summed E-state index contributed by atoms with van der Waals surface area (Å²) in [6, 6.07) is 1.34. The Morgan fingerprint density at radius 1 is 1.81 bits per heavy atom. The van der Waals surface area contributed by atoms with Crippen LogP contribution in [0.2, 0.25) is 0 Å². The molecular formula is C10H14N2O4. The topological polar surface area (TPSA) is 75.8 Å². The lowest BCUT2D eigenvalue weighted by molar-refractivity contribution is -0.146. The molecule has 0 radical (unpaired) electrons. The minimum atomic E-state index is -0.493. The minimum absolute atomic E-state index is 0.323. The average Bonchev–Trinajstić information content (AvgIpc) is 2.88. The number of hydrogen-bond acceptors (Lipinski definition) is 6. The maximum absolute atomic E-state index is 11.5. The van der Waals surface area contributed by atoms with E-state index < -0.39 is 12.1 Å². The van der Waals surface area contributed by atoms with E-state index in [4.69, 9.17) is 9.26 Å². The van der Waals surface area contributed by atoms with Crippen molar-refractivity contribution in [1.82, 2.24) is 10.1 Å². The fraction of sp³-hybridized carbons (Fsp3) is 0.600. The largest absolute Gasteiger partial charge is 0.468 e. The number of carbonyl (C=O) groups is 1. The number of methoxy groups -OCH3 is 1. The lowest BCUT2D eigenvalue weighted by Gasteiger charge is -2.20. The SMILES string of the molecule is COC(=O)C1CC(O)CN1Cc1ccno1. The summed E-state index contributed by atoms with van der Waals surface area (Å²) in [4.78, 5) is 13.3. The summed E-state index contributed by atoms with van der Waals surface area (Å²) >= 11 is 0. The van der Waals surface area contributed by atoms with Gasteiger partial charge in [-0.25, -0.2) is 0 Å². The smallest absolute Gasteiger partial charge is 0.323 e. The Hall–Kier alpha value is -1.40. The number of esters is 1. The molecule has 1 aromatic heterocycles. The molecule has 1 saturated heterocycles. The Balaban J connectivity index is 2.04. The molecule has 0 saturated carbocycles. The fourth-order valence-corrected chi connectivity index (χ4v) is 1.96. The van der Waals surface area contributed by atoms with Crippen LogP contribution in [0.4, 0.5) is 0 Å². The third kappa shape index (κ3) is 2.23. The van der Waals surface area contributed by atoms with Crippen molar-refractivity contribution in [2.45, 2.75) is 25.1 Å². The molecule has 2 rings (SSSR count). The number of ether oxygens (including phenoxy) is 1. The normalized spacial score (nSPS) is 25.9. The molecule has 16 heavy (non-hydrogen) atoms. The van der Waals surface area contributed by atoms with E-state index in [-0.39, 0.29) is 5.97 Å². The third-order valence-electron chi connectivity index (χ3n) is 2.70. The first-order valence-corrected chi connectivity index (χ1v) is 5.10. The minimum Gasteiger partial charge on any atom is -0.468 e. The molecule has 6 heteroatoms. The van der Waals surface area contributed by atoms with Crippen molar-refractivity contribution in [3.63, 3.8) is 0 Å². The van der Waals surface area contributed by atoms with Crippen molar-refractivity contribution >= 4 is 5.97 Å². The predicted octanol–water partition coefficient (Wildman–Crippen LogP) is -0.217. The van der Waals surface area contributed by atoms with Crippen molar-refractivity contribution in [2.75, 3.05) is 13.7 Å². The van der Waals surface area contributed by atoms with Gasteiger partial charge in [-0.3, -0.25) is 9.69 Å². The van der Waals surface area contributed by atoms with E-state index >= 15 is 0 Å². The second-order valence-electron chi connectivity index (χ2n) is 3.84.